The van der Waals surface area contributed by atoms with E-state index in [2.05, 4.69) is 41.3 Å². The zero-order valence-corrected chi connectivity index (χ0v) is 14.4. The lowest BCUT2D eigenvalue weighted by atomic mass is 9.89. The summed E-state index contributed by atoms with van der Waals surface area (Å²) in [4.78, 5) is 2.46. The lowest BCUT2D eigenvalue weighted by Gasteiger charge is -2.18. The summed E-state index contributed by atoms with van der Waals surface area (Å²) in [6, 6.07) is 16.7. The van der Waals surface area contributed by atoms with Crippen LogP contribution in [0.2, 0.25) is 0 Å². The van der Waals surface area contributed by atoms with Gasteiger partial charge in [-0.3, -0.25) is 4.90 Å². The molecular formula is C20H26N2O2. The van der Waals surface area contributed by atoms with Crippen LogP contribution < -0.4 is 15.2 Å². The lowest BCUT2D eigenvalue weighted by molar-refractivity contribution is 0.307. The van der Waals surface area contributed by atoms with Gasteiger partial charge in [-0.25, -0.2) is 0 Å². The molecule has 0 spiro atoms. The smallest absolute Gasteiger partial charge is 0.123 e. The molecule has 1 heterocycles. The van der Waals surface area contributed by atoms with Crippen molar-refractivity contribution in [2.45, 2.75) is 12.5 Å². The number of nitrogens with zero attached hydrogens (tertiary/aromatic N) is 1. The van der Waals surface area contributed by atoms with Gasteiger partial charge in [0, 0.05) is 31.1 Å². The van der Waals surface area contributed by atoms with Gasteiger partial charge in [-0.1, -0.05) is 30.3 Å². The maximum absolute atomic E-state index is 6.05. The molecule has 0 saturated carbocycles. The third-order valence-corrected chi connectivity index (χ3v) is 4.93. The van der Waals surface area contributed by atoms with Gasteiger partial charge < -0.3 is 15.2 Å². The predicted molar refractivity (Wildman–Crippen MR) is 96.6 cm³/mol. The molecule has 0 radical (unpaired) electrons. The Morgan fingerprint density at radius 3 is 2.50 bits per heavy atom. The fourth-order valence-electron chi connectivity index (χ4n) is 3.65. The van der Waals surface area contributed by atoms with Crippen LogP contribution in [-0.4, -0.2) is 38.8 Å². The number of likely N-dealkylation sites (tertiary alicyclic amines) is 1. The van der Waals surface area contributed by atoms with Gasteiger partial charge >= 0.3 is 0 Å². The Morgan fingerprint density at radius 2 is 1.83 bits per heavy atom. The largest absolute Gasteiger partial charge is 0.497 e. The topological polar surface area (TPSA) is 47.7 Å². The summed E-state index contributed by atoms with van der Waals surface area (Å²) in [6.07, 6.45) is 0. The van der Waals surface area contributed by atoms with Gasteiger partial charge in [-0.05, 0) is 36.2 Å². The van der Waals surface area contributed by atoms with E-state index >= 15 is 0 Å². The molecule has 1 aliphatic rings. The van der Waals surface area contributed by atoms with Crippen LogP contribution in [0.1, 0.15) is 17.0 Å². The Hall–Kier alpha value is -2.04. The SMILES string of the molecule is COc1ccc(OC)c(CN2C[C@@H](CN)[C@H](c3ccccc3)C2)c1. The van der Waals surface area contributed by atoms with Gasteiger partial charge in [-0.15, -0.1) is 0 Å². The summed E-state index contributed by atoms with van der Waals surface area (Å²) in [5, 5.41) is 0. The number of hydrogen-bond donors (Lipinski definition) is 1. The number of rotatable bonds is 6. The second kappa shape index (κ2) is 7.69. The van der Waals surface area contributed by atoms with Gasteiger partial charge in [0.1, 0.15) is 11.5 Å². The lowest BCUT2D eigenvalue weighted by Crippen LogP contribution is -2.23. The van der Waals surface area contributed by atoms with E-state index in [1.807, 2.05) is 12.1 Å². The van der Waals surface area contributed by atoms with Crippen molar-refractivity contribution in [3.05, 3.63) is 59.7 Å². The number of methoxy groups -OCH3 is 2. The molecule has 128 valence electrons. The molecule has 0 aromatic heterocycles. The minimum atomic E-state index is 0.490. The molecule has 3 rings (SSSR count). The van der Waals surface area contributed by atoms with E-state index in [0.29, 0.717) is 18.4 Å². The van der Waals surface area contributed by atoms with Crippen molar-refractivity contribution in [2.75, 3.05) is 33.9 Å². The van der Waals surface area contributed by atoms with Crippen molar-refractivity contribution in [3.8, 4) is 11.5 Å². The summed E-state index contributed by atoms with van der Waals surface area (Å²) in [6.45, 7) is 3.59. The Balaban J connectivity index is 1.77. The highest BCUT2D eigenvalue weighted by Crippen LogP contribution is 2.34. The van der Waals surface area contributed by atoms with Crippen molar-refractivity contribution in [3.63, 3.8) is 0 Å². The van der Waals surface area contributed by atoms with Crippen LogP contribution in [0.4, 0.5) is 0 Å². The summed E-state index contributed by atoms with van der Waals surface area (Å²) >= 11 is 0. The van der Waals surface area contributed by atoms with Crippen molar-refractivity contribution < 1.29 is 9.47 Å². The maximum Gasteiger partial charge on any atom is 0.123 e. The Labute approximate surface area is 144 Å². The minimum Gasteiger partial charge on any atom is -0.497 e. The first-order chi connectivity index (χ1) is 11.7. The van der Waals surface area contributed by atoms with E-state index in [1.165, 1.54) is 5.56 Å². The molecule has 2 aromatic rings. The van der Waals surface area contributed by atoms with E-state index < -0.39 is 0 Å². The number of nitrogens with two attached hydrogens (primary N) is 1. The fraction of sp³-hybridized carbons (Fsp3) is 0.400. The monoisotopic (exact) mass is 326 g/mol. The Bertz CT molecular complexity index is 660. The highest BCUT2D eigenvalue weighted by atomic mass is 16.5. The van der Waals surface area contributed by atoms with E-state index in [0.717, 1.165) is 36.7 Å². The molecule has 4 heteroatoms. The minimum absolute atomic E-state index is 0.490. The summed E-state index contributed by atoms with van der Waals surface area (Å²) in [5.74, 6) is 2.75. The van der Waals surface area contributed by atoms with Gasteiger partial charge in [0.15, 0.2) is 0 Å². The van der Waals surface area contributed by atoms with E-state index in [4.69, 9.17) is 15.2 Å². The van der Waals surface area contributed by atoms with Crippen LogP contribution in [0.3, 0.4) is 0 Å². The molecule has 2 aromatic carbocycles. The van der Waals surface area contributed by atoms with Gasteiger partial charge in [-0.2, -0.15) is 0 Å². The molecule has 2 N–H and O–H groups in total. The van der Waals surface area contributed by atoms with Crippen LogP contribution in [0.15, 0.2) is 48.5 Å². The van der Waals surface area contributed by atoms with Crippen molar-refractivity contribution in [1.29, 1.82) is 0 Å². The molecular weight excluding hydrogens is 300 g/mol. The van der Waals surface area contributed by atoms with Crippen molar-refractivity contribution in [1.82, 2.24) is 4.90 Å². The molecule has 4 nitrogen and oxygen atoms in total. The molecule has 0 aliphatic carbocycles. The average Bonchev–Trinajstić information content (AvgIpc) is 3.05. The van der Waals surface area contributed by atoms with E-state index in [9.17, 15) is 0 Å². The standard InChI is InChI=1S/C20H26N2O2/c1-23-18-8-9-20(24-2)16(10-18)12-22-13-17(11-21)19(14-22)15-6-4-3-5-7-15/h3-10,17,19H,11-14,21H2,1-2H3/t17-,19+/m1/s1. The quantitative estimate of drug-likeness (QED) is 0.887. The average molecular weight is 326 g/mol. The zero-order valence-electron chi connectivity index (χ0n) is 14.4. The summed E-state index contributed by atoms with van der Waals surface area (Å²) in [7, 11) is 3.40. The van der Waals surface area contributed by atoms with Crippen LogP contribution >= 0.6 is 0 Å². The van der Waals surface area contributed by atoms with Crippen molar-refractivity contribution >= 4 is 0 Å². The maximum atomic E-state index is 6.05. The van der Waals surface area contributed by atoms with E-state index in [1.54, 1.807) is 14.2 Å². The van der Waals surface area contributed by atoms with Gasteiger partial charge in [0.25, 0.3) is 0 Å². The highest BCUT2D eigenvalue weighted by Gasteiger charge is 2.33. The van der Waals surface area contributed by atoms with E-state index in [-0.39, 0.29) is 0 Å². The molecule has 0 amide bonds. The first kappa shape index (κ1) is 16.8. The third-order valence-electron chi connectivity index (χ3n) is 4.93. The summed E-state index contributed by atoms with van der Waals surface area (Å²) < 4.78 is 10.9. The van der Waals surface area contributed by atoms with Crippen molar-refractivity contribution in [2.24, 2.45) is 11.7 Å². The zero-order chi connectivity index (χ0) is 16.9. The third kappa shape index (κ3) is 3.55. The molecule has 1 fully saturated rings. The Morgan fingerprint density at radius 1 is 1.04 bits per heavy atom. The number of benzene rings is 2. The highest BCUT2D eigenvalue weighted by molar-refractivity contribution is 5.40. The summed E-state index contributed by atoms with van der Waals surface area (Å²) in [5.41, 5.74) is 8.58. The second-order valence-electron chi connectivity index (χ2n) is 6.38. The molecule has 1 saturated heterocycles. The van der Waals surface area contributed by atoms with Crippen LogP contribution in [0.5, 0.6) is 11.5 Å². The van der Waals surface area contributed by atoms with Gasteiger partial charge in [0.05, 0.1) is 14.2 Å². The fourth-order valence-corrected chi connectivity index (χ4v) is 3.65. The molecule has 1 aliphatic heterocycles. The van der Waals surface area contributed by atoms with Crippen LogP contribution in [0.25, 0.3) is 0 Å². The molecule has 0 unspecified atom stereocenters. The number of hydrogen-bond acceptors (Lipinski definition) is 4. The molecule has 24 heavy (non-hydrogen) atoms. The van der Waals surface area contributed by atoms with Crippen LogP contribution in [-0.2, 0) is 6.54 Å². The second-order valence-corrected chi connectivity index (χ2v) is 6.38. The molecule has 2 atom stereocenters. The Kier molecular flexibility index (Phi) is 5.38. The number of ether oxygens (including phenoxy) is 2. The normalized spacial score (nSPS) is 21.0. The first-order valence-electron chi connectivity index (χ1n) is 8.43. The molecule has 0 bridgehead atoms. The van der Waals surface area contributed by atoms with Gasteiger partial charge in [0.2, 0.25) is 0 Å². The van der Waals surface area contributed by atoms with Crippen LogP contribution in [0, 0.1) is 5.92 Å². The predicted octanol–water partition coefficient (Wildman–Crippen LogP) is 2.88. The first-order valence-corrected chi connectivity index (χ1v) is 8.43.